The fraction of sp³-hybridized carbons (Fsp3) is 0.647. The fourth-order valence-electron chi connectivity index (χ4n) is 3.40. The van der Waals surface area contributed by atoms with E-state index in [-0.39, 0.29) is 6.10 Å². The first-order valence-electron chi connectivity index (χ1n) is 7.89. The Balaban J connectivity index is 1.59. The van der Waals surface area contributed by atoms with Crippen LogP contribution in [-0.2, 0) is 0 Å². The lowest BCUT2D eigenvalue weighted by Gasteiger charge is -2.28. The van der Waals surface area contributed by atoms with Gasteiger partial charge in [0.2, 0.25) is 0 Å². The lowest BCUT2D eigenvalue weighted by atomic mass is 9.87. The van der Waals surface area contributed by atoms with E-state index in [1.165, 1.54) is 31.2 Å². The van der Waals surface area contributed by atoms with Gasteiger partial charge in [-0.1, -0.05) is 34.5 Å². The molecule has 3 atom stereocenters. The van der Waals surface area contributed by atoms with E-state index < -0.39 is 0 Å². The first-order valence-corrected chi connectivity index (χ1v) is 8.68. The van der Waals surface area contributed by atoms with Crippen LogP contribution >= 0.6 is 15.9 Å². The molecule has 0 radical (unpaired) electrons. The Hall–Kier alpha value is -0.380. The third kappa shape index (κ3) is 3.84. The zero-order valence-corrected chi connectivity index (χ0v) is 13.5. The largest absolute Gasteiger partial charge is 0.393 e. The minimum atomic E-state index is -0.0670. The highest BCUT2D eigenvalue weighted by molar-refractivity contribution is 9.10. The summed E-state index contributed by atoms with van der Waals surface area (Å²) in [5.41, 5.74) is 1.41. The molecule has 2 aliphatic carbocycles. The maximum atomic E-state index is 9.78. The summed E-state index contributed by atoms with van der Waals surface area (Å²) >= 11 is 3.51. The molecule has 0 unspecified atom stereocenters. The summed E-state index contributed by atoms with van der Waals surface area (Å²) in [5.74, 6) is 1.46. The highest BCUT2D eigenvalue weighted by Gasteiger charge is 2.32. The first-order chi connectivity index (χ1) is 9.72. The quantitative estimate of drug-likeness (QED) is 0.849. The Kier molecular flexibility index (Phi) is 4.79. The summed E-state index contributed by atoms with van der Waals surface area (Å²) in [4.78, 5) is 0. The Labute approximate surface area is 130 Å². The number of benzene rings is 1. The van der Waals surface area contributed by atoms with Crippen LogP contribution in [0.4, 0.5) is 0 Å². The number of halogens is 1. The second kappa shape index (κ2) is 6.59. The third-order valence-electron chi connectivity index (χ3n) is 4.70. The molecule has 110 valence electrons. The molecule has 2 N–H and O–H groups in total. The number of aliphatic hydroxyl groups is 1. The SMILES string of the molecule is O[C@@H]1CCC[C@H](CN[C@@H](c2ccc(Br)cc2)C2CC2)C1. The van der Waals surface area contributed by atoms with Gasteiger partial charge in [-0.05, 0) is 68.2 Å². The molecule has 2 aliphatic rings. The van der Waals surface area contributed by atoms with Crippen LogP contribution in [0.25, 0.3) is 0 Å². The Bertz CT molecular complexity index is 429. The van der Waals surface area contributed by atoms with Gasteiger partial charge in [0, 0.05) is 10.5 Å². The number of hydrogen-bond donors (Lipinski definition) is 2. The Morgan fingerprint density at radius 2 is 1.90 bits per heavy atom. The van der Waals surface area contributed by atoms with Crippen molar-refractivity contribution in [2.75, 3.05) is 6.54 Å². The van der Waals surface area contributed by atoms with Crippen molar-refractivity contribution in [3.63, 3.8) is 0 Å². The lowest BCUT2D eigenvalue weighted by molar-refractivity contribution is 0.0993. The zero-order chi connectivity index (χ0) is 13.9. The highest BCUT2D eigenvalue weighted by atomic mass is 79.9. The van der Waals surface area contributed by atoms with Crippen molar-refractivity contribution >= 4 is 15.9 Å². The molecule has 1 aromatic rings. The van der Waals surface area contributed by atoms with E-state index in [9.17, 15) is 5.11 Å². The second-order valence-electron chi connectivity index (χ2n) is 6.46. The fourth-order valence-corrected chi connectivity index (χ4v) is 3.66. The van der Waals surface area contributed by atoms with Crippen molar-refractivity contribution in [3.05, 3.63) is 34.3 Å². The van der Waals surface area contributed by atoms with Gasteiger partial charge in [-0.2, -0.15) is 0 Å². The van der Waals surface area contributed by atoms with Crippen molar-refractivity contribution < 1.29 is 5.11 Å². The smallest absolute Gasteiger partial charge is 0.0543 e. The topological polar surface area (TPSA) is 32.3 Å². The Morgan fingerprint density at radius 3 is 2.55 bits per heavy atom. The summed E-state index contributed by atoms with van der Waals surface area (Å²) in [6, 6.07) is 9.24. The number of hydrogen-bond acceptors (Lipinski definition) is 2. The maximum Gasteiger partial charge on any atom is 0.0543 e. The molecule has 3 heteroatoms. The zero-order valence-electron chi connectivity index (χ0n) is 11.9. The van der Waals surface area contributed by atoms with Crippen molar-refractivity contribution in [3.8, 4) is 0 Å². The molecule has 2 saturated carbocycles. The number of nitrogens with one attached hydrogen (secondary N) is 1. The summed E-state index contributed by atoms with van der Waals surface area (Å²) in [6.07, 6.45) is 7.05. The standard InChI is InChI=1S/C17H24BrNO/c18-15-8-6-14(7-9-15)17(13-4-5-13)19-11-12-2-1-3-16(20)10-12/h6-9,12-13,16-17,19-20H,1-5,10-11H2/t12-,16+,17+/m0/s1. The van der Waals surface area contributed by atoms with Gasteiger partial charge in [0.15, 0.2) is 0 Å². The second-order valence-corrected chi connectivity index (χ2v) is 7.38. The minimum Gasteiger partial charge on any atom is -0.393 e. The average Bonchev–Trinajstić information content (AvgIpc) is 3.26. The summed E-state index contributed by atoms with van der Waals surface area (Å²) in [6.45, 7) is 1.05. The van der Waals surface area contributed by atoms with Gasteiger partial charge in [-0.25, -0.2) is 0 Å². The molecular weight excluding hydrogens is 314 g/mol. The Morgan fingerprint density at radius 1 is 1.15 bits per heavy atom. The molecule has 3 rings (SSSR count). The van der Waals surface area contributed by atoms with Crippen molar-refractivity contribution in [2.24, 2.45) is 11.8 Å². The van der Waals surface area contributed by atoms with E-state index in [2.05, 4.69) is 45.5 Å². The molecule has 0 spiro atoms. The molecule has 0 bridgehead atoms. The van der Waals surface area contributed by atoms with Crippen LogP contribution in [0.5, 0.6) is 0 Å². The first kappa shape index (κ1) is 14.6. The molecule has 0 amide bonds. The number of rotatable bonds is 5. The van der Waals surface area contributed by atoms with Crippen LogP contribution in [0.2, 0.25) is 0 Å². The van der Waals surface area contributed by atoms with Gasteiger partial charge in [-0.3, -0.25) is 0 Å². The van der Waals surface area contributed by atoms with E-state index >= 15 is 0 Å². The molecule has 0 heterocycles. The molecule has 2 fully saturated rings. The van der Waals surface area contributed by atoms with Crippen molar-refractivity contribution in [2.45, 2.75) is 50.7 Å². The van der Waals surface area contributed by atoms with Crippen molar-refractivity contribution in [1.82, 2.24) is 5.32 Å². The normalized spacial score (nSPS) is 28.3. The van der Waals surface area contributed by atoms with E-state index in [4.69, 9.17) is 0 Å². The molecule has 1 aromatic carbocycles. The number of aliphatic hydroxyl groups excluding tert-OH is 1. The van der Waals surface area contributed by atoms with Crippen molar-refractivity contribution in [1.29, 1.82) is 0 Å². The van der Waals surface area contributed by atoms with Crippen LogP contribution in [0.15, 0.2) is 28.7 Å². The molecule has 2 nitrogen and oxygen atoms in total. The van der Waals surface area contributed by atoms with E-state index in [0.29, 0.717) is 12.0 Å². The summed E-state index contributed by atoms with van der Waals surface area (Å²) < 4.78 is 1.14. The van der Waals surface area contributed by atoms with Gasteiger partial charge in [-0.15, -0.1) is 0 Å². The molecular formula is C17H24BrNO. The summed E-state index contributed by atoms with van der Waals surface area (Å²) in [5, 5.41) is 13.6. The van der Waals surface area contributed by atoms with Crippen LogP contribution in [0.3, 0.4) is 0 Å². The van der Waals surface area contributed by atoms with Gasteiger partial charge >= 0.3 is 0 Å². The van der Waals surface area contributed by atoms with Crippen LogP contribution in [-0.4, -0.2) is 17.8 Å². The minimum absolute atomic E-state index is 0.0670. The molecule has 0 aliphatic heterocycles. The highest BCUT2D eigenvalue weighted by Crippen LogP contribution is 2.41. The monoisotopic (exact) mass is 337 g/mol. The third-order valence-corrected chi connectivity index (χ3v) is 5.23. The summed E-state index contributed by atoms with van der Waals surface area (Å²) in [7, 11) is 0. The maximum absolute atomic E-state index is 9.78. The van der Waals surface area contributed by atoms with Crippen LogP contribution in [0, 0.1) is 11.8 Å². The van der Waals surface area contributed by atoms with E-state index in [1.54, 1.807) is 0 Å². The molecule has 0 aromatic heterocycles. The predicted molar refractivity (Wildman–Crippen MR) is 85.6 cm³/mol. The predicted octanol–water partition coefficient (Wildman–Crippen LogP) is 4.04. The van der Waals surface area contributed by atoms with Gasteiger partial charge in [0.25, 0.3) is 0 Å². The average molecular weight is 338 g/mol. The molecule has 0 saturated heterocycles. The van der Waals surface area contributed by atoms with Gasteiger partial charge in [0.05, 0.1) is 6.10 Å². The molecule has 20 heavy (non-hydrogen) atoms. The lowest BCUT2D eigenvalue weighted by Crippen LogP contribution is -2.32. The van der Waals surface area contributed by atoms with Gasteiger partial charge in [0.1, 0.15) is 0 Å². The van der Waals surface area contributed by atoms with E-state index in [1.807, 2.05) is 0 Å². The van der Waals surface area contributed by atoms with Crippen LogP contribution < -0.4 is 5.32 Å². The van der Waals surface area contributed by atoms with Crippen LogP contribution in [0.1, 0.15) is 50.1 Å². The van der Waals surface area contributed by atoms with E-state index in [0.717, 1.165) is 29.8 Å². The van der Waals surface area contributed by atoms with Gasteiger partial charge < -0.3 is 10.4 Å².